The van der Waals surface area contributed by atoms with Gasteiger partial charge in [-0.05, 0) is 11.6 Å². The SMILES string of the molecule is Nc1nc(N)nc(COC(=O)C2CC(O)CN2C(=O)Cc2ccccc2F)n1. The topological polar surface area (TPSA) is 158 Å². The number of carbonyl (C=O) groups is 2. The van der Waals surface area contributed by atoms with Crippen molar-refractivity contribution in [3.8, 4) is 0 Å². The van der Waals surface area contributed by atoms with Gasteiger partial charge in [0.05, 0.1) is 12.5 Å². The predicted octanol–water partition coefficient (Wildman–Crippen LogP) is -0.577. The van der Waals surface area contributed by atoms with Gasteiger partial charge in [-0.25, -0.2) is 9.18 Å². The van der Waals surface area contributed by atoms with Crippen molar-refractivity contribution in [3.63, 3.8) is 0 Å². The summed E-state index contributed by atoms with van der Waals surface area (Å²) < 4.78 is 18.9. The lowest BCUT2D eigenvalue weighted by Crippen LogP contribution is -2.42. The number of ether oxygens (including phenoxy) is 1. The Morgan fingerprint density at radius 2 is 1.89 bits per heavy atom. The van der Waals surface area contributed by atoms with Crippen LogP contribution >= 0.6 is 0 Å². The van der Waals surface area contributed by atoms with E-state index in [1.807, 2.05) is 0 Å². The van der Waals surface area contributed by atoms with E-state index in [9.17, 15) is 19.1 Å². The normalized spacial score (nSPS) is 18.9. The molecule has 1 fully saturated rings. The molecule has 0 radical (unpaired) electrons. The summed E-state index contributed by atoms with van der Waals surface area (Å²) in [5.74, 6) is -1.91. The number of hydrogen-bond donors (Lipinski definition) is 3. The Morgan fingerprint density at radius 1 is 1.21 bits per heavy atom. The van der Waals surface area contributed by atoms with E-state index in [0.717, 1.165) is 0 Å². The number of anilines is 2. The zero-order valence-corrected chi connectivity index (χ0v) is 14.8. The minimum absolute atomic E-state index is 0.0172. The van der Waals surface area contributed by atoms with E-state index in [1.165, 1.54) is 23.1 Å². The average molecular weight is 390 g/mol. The van der Waals surface area contributed by atoms with Crippen LogP contribution in [0.5, 0.6) is 0 Å². The Hall–Kier alpha value is -3.34. The third-order valence-electron chi connectivity index (χ3n) is 4.23. The maximum atomic E-state index is 13.8. The van der Waals surface area contributed by atoms with Gasteiger partial charge in [-0.15, -0.1) is 0 Å². The van der Waals surface area contributed by atoms with Crippen LogP contribution in [-0.2, 0) is 27.4 Å². The number of nitrogens with zero attached hydrogens (tertiary/aromatic N) is 4. The molecule has 1 saturated heterocycles. The number of esters is 1. The largest absolute Gasteiger partial charge is 0.456 e. The molecule has 2 aromatic rings. The Balaban J connectivity index is 1.66. The summed E-state index contributed by atoms with van der Waals surface area (Å²) in [4.78, 5) is 37.4. The van der Waals surface area contributed by atoms with E-state index >= 15 is 0 Å². The molecule has 0 bridgehead atoms. The molecule has 1 aromatic carbocycles. The number of hydrogen-bond acceptors (Lipinski definition) is 9. The maximum Gasteiger partial charge on any atom is 0.329 e. The number of aromatic nitrogens is 3. The average Bonchev–Trinajstić information content (AvgIpc) is 3.03. The van der Waals surface area contributed by atoms with Crippen LogP contribution in [0.15, 0.2) is 24.3 Å². The monoisotopic (exact) mass is 390 g/mol. The number of rotatable bonds is 5. The second kappa shape index (κ2) is 8.13. The van der Waals surface area contributed by atoms with Crippen molar-refractivity contribution < 1.29 is 23.8 Å². The summed E-state index contributed by atoms with van der Waals surface area (Å²) in [6, 6.07) is 4.87. The number of benzene rings is 1. The Morgan fingerprint density at radius 3 is 2.57 bits per heavy atom. The van der Waals surface area contributed by atoms with Gasteiger partial charge in [-0.1, -0.05) is 18.2 Å². The molecular formula is C17H19FN6O4. The van der Waals surface area contributed by atoms with Crippen molar-refractivity contribution in [1.82, 2.24) is 19.9 Å². The van der Waals surface area contributed by atoms with Crippen molar-refractivity contribution in [2.45, 2.75) is 31.6 Å². The number of amides is 1. The highest BCUT2D eigenvalue weighted by atomic mass is 19.1. The second-order valence-electron chi connectivity index (χ2n) is 6.30. The Labute approximate surface area is 159 Å². The Bertz CT molecular complexity index is 875. The van der Waals surface area contributed by atoms with Gasteiger partial charge in [-0.3, -0.25) is 4.79 Å². The summed E-state index contributed by atoms with van der Waals surface area (Å²) in [6.45, 7) is -0.365. The molecule has 2 heterocycles. The summed E-state index contributed by atoms with van der Waals surface area (Å²) in [5.41, 5.74) is 11.1. The minimum Gasteiger partial charge on any atom is -0.456 e. The highest BCUT2D eigenvalue weighted by Crippen LogP contribution is 2.21. The minimum atomic E-state index is -0.995. The molecule has 3 rings (SSSR count). The summed E-state index contributed by atoms with van der Waals surface area (Å²) in [6.07, 6.45) is -1.10. The van der Waals surface area contributed by atoms with Crippen LogP contribution in [-0.4, -0.2) is 55.5 Å². The number of nitrogen functional groups attached to an aromatic ring is 2. The van der Waals surface area contributed by atoms with Crippen molar-refractivity contribution in [2.24, 2.45) is 0 Å². The highest BCUT2D eigenvalue weighted by molar-refractivity contribution is 5.86. The van der Waals surface area contributed by atoms with Gasteiger partial charge in [0.2, 0.25) is 17.8 Å². The van der Waals surface area contributed by atoms with Crippen LogP contribution in [0.3, 0.4) is 0 Å². The molecule has 148 valence electrons. The number of β-amino-alcohol motifs (C(OH)–C–C–N with tert-alkyl or cyclic N) is 1. The summed E-state index contributed by atoms with van der Waals surface area (Å²) in [7, 11) is 0. The van der Waals surface area contributed by atoms with Crippen molar-refractivity contribution in [1.29, 1.82) is 0 Å². The van der Waals surface area contributed by atoms with Crippen molar-refractivity contribution >= 4 is 23.8 Å². The molecule has 1 aliphatic heterocycles. The van der Waals surface area contributed by atoms with Crippen molar-refractivity contribution in [2.75, 3.05) is 18.0 Å². The van der Waals surface area contributed by atoms with Crippen LogP contribution in [0.25, 0.3) is 0 Å². The maximum absolute atomic E-state index is 13.8. The van der Waals surface area contributed by atoms with Gasteiger partial charge in [0.1, 0.15) is 11.9 Å². The predicted molar refractivity (Wildman–Crippen MR) is 94.7 cm³/mol. The first kappa shape index (κ1) is 19.4. The van der Waals surface area contributed by atoms with Crippen LogP contribution in [0.1, 0.15) is 17.8 Å². The number of aliphatic hydroxyl groups excluding tert-OH is 1. The molecule has 0 spiro atoms. The van der Waals surface area contributed by atoms with Gasteiger partial charge in [-0.2, -0.15) is 15.0 Å². The number of aliphatic hydroxyl groups is 1. The fourth-order valence-electron chi connectivity index (χ4n) is 2.97. The molecule has 0 aliphatic carbocycles. The van der Waals surface area contributed by atoms with E-state index in [-0.39, 0.29) is 49.3 Å². The molecule has 0 saturated carbocycles. The quantitative estimate of drug-likeness (QED) is 0.568. The number of carbonyl (C=O) groups excluding carboxylic acids is 2. The molecule has 11 heteroatoms. The number of likely N-dealkylation sites (tertiary alicyclic amines) is 1. The van der Waals surface area contributed by atoms with Crippen LogP contribution in [0.2, 0.25) is 0 Å². The third-order valence-corrected chi connectivity index (χ3v) is 4.23. The molecule has 2 unspecified atom stereocenters. The number of nitrogens with two attached hydrogens (primary N) is 2. The zero-order valence-electron chi connectivity index (χ0n) is 14.8. The van der Waals surface area contributed by atoms with Crippen molar-refractivity contribution in [3.05, 3.63) is 41.5 Å². The van der Waals surface area contributed by atoms with E-state index < -0.39 is 29.8 Å². The molecule has 10 nitrogen and oxygen atoms in total. The fourth-order valence-corrected chi connectivity index (χ4v) is 2.97. The van der Waals surface area contributed by atoms with Crippen LogP contribution < -0.4 is 11.5 Å². The van der Waals surface area contributed by atoms with E-state index in [4.69, 9.17) is 16.2 Å². The summed E-state index contributed by atoms with van der Waals surface area (Å²) in [5, 5.41) is 9.90. The Kier molecular flexibility index (Phi) is 5.64. The lowest BCUT2D eigenvalue weighted by Gasteiger charge is -2.23. The van der Waals surface area contributed by atoms with Gasteiger partial charge in [0, 0.05) is 13.0 Å². The second-order valence-corrected chi connectivity index (χ2v) is 6.30. The van der Waals surface area contributed by atoms with E-state index in [1.54, 1.807) is 6.07 Å². The van der Waals surface area contributed by atoms with E-state index in [2.05, 4.69) is 15.0 Å². The smallest absolute Gasteiger partial charge is 0.329 e. The van der Waals surface area contributed by atoms with Crippen LogP contribution in [0.4, 0.5) is 16.3 Å². The number of halogens is 1. The van der Waals surface area contributed by atoms with Gasteiger partial charge in [0.15, 0.2) is 12.4 Å². The lowest BCUT2D eigenvalue weighted by molar-refractivity contribution is -0.154. The first-order valence-corrected chi connectivity index (χ1v) is 8.47. The molecular weight excluding hydrogens is 371 g/mol. The van der Waals surface area contributed by atoms with E-state index in [0.29, 0.717) is 0 Å². The molecule has 1 aliphatic rings. The third kappa shape index (κ3) is 4.49. The molecule has 28 heavy (non-hydrogen) atoms. The van der Waals surface area contributed by atoms with Gasteiger partial charge >= 0.3 is 5.97 Å². The van der Waals surface area contributed by atoms with Gasteiger partial charge in [0.25, 0.3) is 0 Å². The molecule has 2 atom stereocenters. The standard InChI is InChI=1S/C17H19FN6O4/c18-11-4-2-1-3-9(11)5-14(26)24-7-10(25)6-12(24)15(27)28-8-13-21-16(19)23-17(20)22-13/h1-4,10,12,25H,5-8H2,(H4,19,20,21,22,23). The zero-order chi connectivity index (χ0) is 20.3. The molecule has 1 amide bonds. The first-order valence-electron chi connectivity index (χ1n) is 8.47. The summed E-state index contributed by atoms with van der Waals surface area (Å²) >= 11 is 0. The van der Waals surface area contributed by atoms with Gasteiger partial charge < -0.3 is 26.2 Å². The first-order chi connectivity index (χ1) is 13.3. The molecule has 5 N–H and O–H groups in total. The highest BCUT2D eigenvalue weighted by Gasteiger charge is 2.40. The lowest BCUT2D eigenvalue weighted by atomic mass is 10.1. The van der Waals surface area contributed by atoms with Crippen LogP contribution in [0, 0.1) is 5.82 Å². The fraction of sp³-hybridized carbons (Fsp3) is 0.353. The molecule has 1 aromatic heterocycles.